The molecule has 0 aliphatic carbocycles. The molecule has 106 valence electrons. The molecule has 0 bridgehead atoms. The molecule has 20 heavy (non-hydrogen) atoms. The highest BCUT2D eigenvalue weighted by Gasteiger charge is 2.18. The molecule has 0 amide bonds. The Labute approximate surface area is 127 Å². The average Bonchev–Trinajstić information content (AvgIpc) is 2.52. The molecular weight excluding hydrogens is 266 g/mol. The van der Waals surface area contributed by atoms with Gasteiger partial charge in [-0.1, -0.05) is 67.6 Å². The molecule has 0 aromatic heterocycles. The fourth-order valence-electron chi connectivity index (χ4n) is 2.61. The molecule has 1 atom stereocenters. The lowest BCUT2D eigenvalue weighted by Crippen LogP contribution is -2.31. The van der Waals surface area contributed by atoms with E-state index in [0.717, 1.165) is 19.5 Å². The van der Waals surface area contributed by atoms with E-state index in [4.69, 9.17) is 11.6 Å². The van der Waals surface area contributed by atoms with Gasteiger partial charge in [-0.15, -0.1) is 11.6 Å². The van der Waals surface area contributed by atoms with Crippen LogP contribution in [0.3, 0.4) is 0 Å². The molecule has 2 heteroatoms. The minimum Gasteiger partial charge on any atom is -0.295 e. The van der Waals surface area contributed by atoms with Gasteiger partial charge in [0.05, 0.1) is 0 Å². The molecule has 0 saturated heterocycles. The van der Waals surface area contributed by atoms with Crippen LogP contribution in [0.4, 0.5) is 0 Å². The van der Waals surface area contributed by atoms with E-state index in [0.29, 0.717) is 11.9 Å². The van der Waals surface area contributed by atoms with E-state index in [-0.39, 0.29) is 0 Å². The summed E-state index contributed by atoms with van der Waals surface area (Å²) >= 11 is 5.97. The third-order valence-electron chi connectivity index (χ3n) is 3.67. The summed E-state index contributed by atoms with van der Waals surface area (Å²) in [6, 6.07) is 21.8. The summed E-state index contributed by atoms with van der Waals surface area (Å²) in [6.07, 6.45) is 1.02. The summed E-state index contributed by atoms with van der Waals surface area (Å²) in [5, 5.41) is 0. The summed E-state index contributed by atoms with van der Waals surface area (Å²) in [5.74, 6) is 0.673. The second-order valence-corrected chi connectivity index (χ2v) is 5.31. The van der Waals surface area contributed by atoms with Gasteiger partial charge in [-0.3, -0.25) is 4.90 Å². The van der Waals surface area contributed by atoms with Gasteiger partial charge in [-0.25, -0.2) is 0 Å². The molecule has 2 aromatic carbocycles. The number of hydrogen-bond acceptors (Lipinski definition) is 1. The molecule has 1 nitrogen and oxygen atoms in total. The summed E-state index contributed by atoms with van der Waals surface area (Å²) in [5.41, 5.74) is 2.73. The van der Waals surface area contributed by atoms with Crippen molar-refractivity contribution in [1.82, 2.24) is 4.90 Å². The van der Waals surface area contributed by atoms with Gasteiger partial charge < -0.3 is 0 Å². The van der Waals surface area contributed by atoms with Crippen LogP contribution in [-0.2, 0) is 6.42 Å². The Morgan fingerprint density at radius 3 is 2.10 bits per heavy atom. The number of rotatable bonds is 7. The predicted molar refractivity (Wildman–Crippen MR) is 87.3 cm³/mol. The van der Waals surface area contributed by atoms with Crippen LogP contribution in [0.2, 0.25) is 0 Å². The van der Waals surface area contributed by atoms with E-state index >= 15 is 0 Å². The van der Waals surface area contributed by atoms with Crippen molar-refractivity contribution in [2.45, 2.75) is 19.4 Å². The molecule has 0 radical (unpaired) electrons. The van der Waals surface area contributed by atoms with Gasteiger partial charge in [0.15, 0.2) is 0 Å². The highest BCUT2D eigenvalue weighted by atomic mass is 35.5. The summed E-state index contributed by atoms with van der Waals surface area (Å²) in [4.78, 5) is 2.45. The molecular formula is C18H22ClN. The van der Waals surface area contributed by atoms with Gasteiger partial charge in [-0.2, -0.15) is 0 Å². The normalized spacial score (nSPS) is 12.6. The standard InChI is InChI=1S/C18H22ClN/c1-2-20(14-13-19)18(17-11-7-4-8-12-17)15-16-9-5-3-6-10-16/h3-12,18H,2,13-15H2,1H3. The van der Waals surface area contributed by atoms with Gasteiger partial charge >= 0.3 is 0 Å². The molecule has 0 aliphatic rings. The highest BCUT2D eigenvalue weighted by Crippen LogP contribution is 2.25. The third kappa shape index (κ3) is 4.09. The minimum absolute atomic E-state index is 0.391. The zero-order valence-electron chi connectivity index (χ0n) is 12.0. The summed E-state index contributed by atoms with van der Waals surface area (Å²) in [7, 11) is 0. The lowest BCUT2D eigenvalue weighted by molar-refractivity contribution is 0.219. The average molecular weight is 288 g/mol. The van der Waals surface area contributed by atoms with Crippen molar-refractivity contribution in [3.8, 4) is 0 Å². The Bertz CT molecular complexity index is 483. The number of alkyl halides is 1. The van der Waals surface area contributed by atoms with Crippen molar-refractivity contribution in [1.29, 1.82) is 0 Å². The number of likely N-dealkylation sites (N-methyl/N-ethyl adjacent to an activating group) is 1. The maximum atomic E-state index is 5.97. The Hall–Kier alpha value is -1.31. The molecule has 0 aliphatic heterocycles. The topological polar surface area (TPSA) is 3.24 Å². The molecule has 0 N–H and O–H groups in total. The Kier molecular flexibility index (Phi) is 6.10. The van der Waals surface area contributed by atoms with Gasteiger partial charge in [0.25, 0.3) is 0 Å². The number of benzene rings is 2. The summed E-state index contributed by atoms with van der Waals surface area (Å²) in [6.45, 7) is 4.14. The van der Waals surface area contributed by atoms with Crippen LogP contribution in [0.15, 0.2) is 60.7 Å². The van der Waals surface area contributed by atoms with Crippen LogP contribution < -0.4 is 0 Å². The molecule has 0 heterocycles. The third-order valence-corrected chi connectivity index (χ3v) is 3.84. The van der Waals surface area contributed by atoms with E-state index in [1.54, 1.807) is 0 Å². The van der Waals surface area contributed by atoms with Crippen LogP contribution in [0.1, 0.15) is 24.1 Å². The van der Waals surface area contributed by atoms with Crippen molar-refractivity contribution in [2.24, 2.45) is 0 Å². The van der Waals surface area contributed by atoms with Crippen LogP contribution >= 0.6 is 11.6 Å². The zero-order valence-corrected chi connectivity index (χ0v) is 12.8. The Balaban J connectivity index is 2.24. The van der Waals surface area contributed by atoms with Crippen LogP contribution in [0.5, 0.6) is 0 Å². The van der Waals surface area contributed by atoms with Crippen LogP contribution in [0, 0.1) is 0 Å². The summed E-state index contributed by atoms with van der Waals surface area (Å²) < 4.78 is 0. The van der Waals surface area contributed by atoms with E-state index in [2.05, 4.69) is 72.5 Å². The van der Waals surface area contributed by atoms with Crippen molar-refractivity contribution in [3.63, 3.8) is 0 Å². The fourth-order valence-corrected chi connectivity index (χ4v) is 2.83. The van der Waals surface area contributed by atoms with E-state index in [1.165, 1.54) is 11.1 Å². The van der Waals surface area contributed by atoms with E-state index < -0.39 is 0 Å². The van der Waals surface area contributed by atoms with Gasteiger partial charge in [0.2, 0.25) is 0 Å². The molecule has 2 aromatic rings. The second-order valence-electron chi connectivity index (χ2n) is 4.93. The molecule has 0 spiro atoms. The molecule has 0 fully saturated rings. The van der Waals surface area contributed by atoms with Gasteiger partial charge in [-0.05, 0) is 24.1 Å². The van der Waals surface area contributed by atoms with Crippen molar-refractivity contribution >= 4 is 11.6 Å². The van der Waals surface area contributed by atoms with E-state index in [9.17, 15) is 0 Å². The maximum absolute atomic E-state index is 5.97. The smallest absolute Gasteiger partial charge is 0.0388 e. The first-order valence-electron chi connectivity index (χ1n) is 7.24. The SMILES string of the molecule is CCN(CCCl)C(Cc1ccccc1)c1ccccc1. The molecule has 1 unspecified atom stereocenters. The lowest BCUT2D eigenvalue weighted by atomic mass is 9.97. The number of halogens is 1. The largest absolute Gasteiger partial charge is 0.295 e. The number of hydrogen-bond donors (Lipinski definition) is 0. The first kappa shape index (κ1) is 15.1. The van der Waals surface area contributed by atoms with Crippen molar-refractivity contribution in [3.05, 3.63) is 71.8 Å². The van der Waals surface area contributed by atoms with Gasteiger partial charge in [0, 0.05) is 18.5 Å². The van der Waals surface area contributed by atoms with E-state index in [1.807, 2.05) is 0 Å². The monoisotopic (exact) mass is 287 g/mol. The Morgan fingerprint density at radius 2 is 1.55 bits per heavy atom. The van der Waals surface area contributed by atoms with Crippen LogP contribution in [-0.4, -0.2) is 23.9 Å². The van der Waals surface area contributed by atoms with Crippen molar-refractivity contribution in [2.75, 3.05) is 19.0 Å². The molecule has 2 rings (SSSR count). The van der Waals surface area contributed by atoms with Crippen LogP contribution in [0.25, 0.3) is 0 Å². The first-order chi connectivity index (χ1) is 9.85. The maximum Gasteiger partial charge on any atom is 0.0388 e. The predicted octanol–water partition coefficient (Wildman–Crippen LogP) is 4.53. The van der Waals surface area contributed by atoms with Crippen molar-refractivity contribution < 1.29 is 0 Å². The Morgan fingerprint density at radius 1 is 0.950 bits per heavy atom. The second kappa shape index (κ2) is 8.08. The number of nitrogens with zero attached hydrogens (tertiary/aromatic N) is 1. The highest BCUT2D eigenvalue weighted by molar-refractivity contribution is 6.18. The van der Waals surface area contributed by atoms with Gasteiger partial charge in [0.1, 0.15) is 0 Å². The molecule has 0 saturated carbocycles. The first-order valence-corrected chi connectivity index (χ1v) is 7.77. The minimum atomic E-state index is 0.391. The lowest BCUT2D eigenvalue weighted by Gasteiger charge is -2.31. The fraction of sp³-hybridized carbons (Fsp3) is 0.333. The quantitative estimate of drug-likeness (QED) is 0.676. The zero-order chi connectivity index (χ0) is 14.2.